The van der Waals surface area contributed by atoms with Crippen molar-refractivity contribution in [3.8, 4) is 11.5 Å². The fourth-order valence-electron chi connectivity index (χ4n) is 3.08. The van der Waals surface area contributed by atoms with Gasteiger partial charge in [0.1, 0.15) is 0 Å². The highest BCUT2D eigenvalue weighted by atomic mass is 35.5. The third kappa shape index (κ3) is 6.57. The number of ether oxygens (including phenoxy) is 2. The molecule has 0 unspecified atom stereocenters. The summed E-state index contributed by atoms with van der Waals surface area (Å²) < 4.78 is 38.0. The number of hydrazone groups is 1. The minimum absolute atomic E-state index is 0.0125. The standard InChI is InChI=1S/C24H24ClN3O5S/c1-32-22-13-8-19(14-23(22)33-2)15-26-27-24(29)17-28(16-18-6-4-3-5-7-18)34(30,31)21-11-9-20(25)10-12-21/h3-15H,16-17H2,1-2H3,(H,27,29)/b26-15-. The molecule has 34 heavy (non-hydrogen) atoms. The molecule has 0 aliphatic carbocycles. The van der Waals surface area contributed by atoms with Gasteiger partial charge in [0.25, 0.3) is 5.91 Å². The van der Waals surface area contributed by atoms with Crippen molar-refractivity contribution in [2.45, 2.75) is 11.4 Å². The Balaban J connectivity index is 1.76. The quantitative estimate of drug-likeness (QED) is 0.337. The highest BCUT2D eigenvalue weighted by Gasteiger charge is 2.27. The normalized spacial score (nSPS) is 11.5. The van der Waals surface area contributed by atoms with E-state index in [1.54, 1.807) is 42.5 Å². The van der Waals surface area contributed by atoms with Gasteiger partial charge in [-0.05, 0) is 53.6 Å². The van der Waals surface area contributed by atoms with Crippen LogP contribution in [-0.2, 0) is 21.4 Å². The van der Waals surface area contributed by atoms with Crippen LogP contribution in [0.3, 0.4) is 0 Å². The summed E-state index contributed by atoms with van der Waals surface area (Å²) >= 11 is 5.90. The first kappa shape index (κ1) is 25.2. The van der Waals surface area contributed by atoms with Gasteiger partial charge in [0.2, 0.25) is 10.0 Å². The smallest absolute Gasteiger partial charge is 0.255 e. The van der Waals surface area contributed by atoms with Crippen molar-refractivity contribution in [1.29, 1.82) is 0 Å². The first-order valence-corrected chi connectivity index (χ1v) is 12.0. The second-order valence-electron chi connectivity index (χ2n) is 7.12. The lowest BCUT2D eigenvalue weighted by molar-refractivity contribution is -0.121. The summed E-state index contributed by atoms with van der Waals surface area (Å²) in [6.07, 6.45) is 1.43. The molecule has 0 saturated carbocycles. The van der Waals surface area contributed by atoms with Crippen molar-refractivity contribution in [2.75, 3.05) is 20.8 Å². The molecule has 1 amide bonds. The lowest BCUT2D eigenvalue weighted by atomic mass is 10.2. The molecule has 0 radical (unpaired) electrons. The zero-order chi connectivity index (χ0) is 24.6. The van der Waals surface area contributed by atoms with Crippen molar-refractivity contribution in [3.63, 3.8) is 0 Å². The maximum Gasteiger partial charge on any atom is 0.255 e. The third-order valence-electron chi connectivity index (χ3n) is 4.78. The van der Waals surface area contributed by atoms with Gasteiger partial charge < -0.3 is 9.47 Å². The summed E-state index contributed by atoms with van der Waals surface area (Å²) in [6, 6.07) is 19.9. The second-order valence-corrected chi connectivity index (χ2v) is 9.49. The summed E-state index contributed by atoms with van der Waals surface area (Å²) in [5.74, 6) is 0.485. The number of hydrogen-bond donors (Lipinski definition) is 1. The molecule has 0 fully saturated rings. The summed E-state index contributed by atoms with van der Waals surface area (Å²) in [5.41, 5.74) is 3.78. The van der Waals surface area contributed by atoms with Gasteiger partial charge in [-0.3, -0.25) is 4.79 Å². The molecule has 0 atom stereocenters. The average Bonchev–Trinajstić information content (AvgIpc) is 2.84. The molecule has 0 bridgehead atoms. The van der Waals surface area contributed by atoms with Crippen LogP contribution < -0.4 is 14.9 Å². The van der Waals surface area contributed by atoms with Crippen LogP contribution in [-0.4, -0.2) is 45.6 Å². The Kier molecular flexibility index (Phi) is 8.64. The molecule has 10 heteroatoms. The maximum atomic E-state index is 13.2. The van der Waals surface area contributed by atoms with Gasteiger partial charge in [-0.1, -0.05) is 41.9 Å². The van der Waals surface area contributed by atoms with Crippen LogP contribution in [0.5, 0.6) is 11.5 Å². The van der Waals surface area contributed by atoms with Crippen LogP contribution in [0.15, 0.2) is 82.8 Å². The third-order valence-corrected chi connectivity index (χ3v) is 6.84. The van der Waals surface area contributed by atoms with E-state index in [1.807, 2.05) is 6.07 Å². The Morgan fingerprint density at radius 2 is 1.68 bits per heavy atom. The second kappa shape index (κ2) is 11.6. The van der Waals surface area contributed by atoms with Crippen LogP contribution in [0.1, 0.15) is 11.1 Å². The molecule has 3 aromatic carbocycles. The zero-order valence-corrected chi connectivity index (χ0v) is 20.2. The monoisotopic (exact) mass is 501 g/mol. The van der Waals surface area contributed by atoms with Gasteiger partial charge in [0, 0.05) is 11.6 Å². The van der Waals surface area contributed by atoms with E-state index in [1.165, 1.54) is 44.7 Å². The number of rotatable bonds is 10. The number of nitrogens with zero attached hydrogens (tertiary/aromatic N) is 2. The number of carbonyl (C=O) groups is 1. The van der Waals surface area contributed by atoms with Crippen molar-refractivity contribution >= 4 is 33.7 Å². The van der Waals surface area contributed by atoms with Crippen LogP contribution in [0.4, 0.5) is 0 Å². The number of halogens is 1. The Morgan fingerprint density at radius 3 is 2.32 bits per heavy atom. The predicted molar refractivity (Wildman–Crippen MR) is 131 cm³/mol. The Labute approximate surface area is 203 Å². The molecule has 0 aromatic heterocycles. The number of amides is 1. The molecule has 0 aliphatic heterocycles. The number of carbonyl (C=O) groups excluding carboxylic acids is 1. The van der Waals surface area contributed by atoms with Crippen LogP contribution in [0, 0.1) is 0 Å². The van der Waals surface area contributed by atoms with Gasteiger partial charge in [-0.25, -0.2) is 13.8 Å². The van der Waals surface area contributed by atoms with Gasteiger partial charge in [0.05, 0.1) is 31.9 Å². The first-order chi connectivity index (χ1) is 16.3. The van der Waals surface area contributed by atoms with E-state index in [9.17, 15) is 13.2 Å². The number of hydrogen-bond acceptors (Lipinski definition) is 6. The molecule has 3 aromatic rings. The zero-order valence-electron chi connectivity index (χ0n) is 18.6. The molecule has 0 spiro atoms. The van der Waals surface area contributed by atoms with E-state index in [0.29, 0.717) is 22.1 Å². The molecular weight excluding hydrogens is 478 g/mol. The van der Waals surface area contributed by atoms with E-state index in [2.05, 4.69) is 10.5 Å². The van der Waals surface area contributed by atoms with Crippen molar-refractivity contribution in [2.24, 2.45) is 5.10 Å². The molecule has 3 rings (SSSR count). The molecule has 0 saturated heterocycles. The lowest BCUT2D eigenvalue weighted by Gasteiger charge is -2.21. The van der Waals surface area contributed by atoms with Crippen molar-refractivity contribution in [3.05, 3.63) is 88.9 Å². The summed E-state index contributed by atoms with van der Waals surface area (Å²) in [5, 5.41) is 4.35. The minimum atomic E-state index is -3.97. The largest absolute Gasteiger partial charge is 0.493 e. The van der Waals surface area contributed by atoms with E-state index < -0.39 is 22.5 Å². The molecule has 178 valence electrons. The number of methoxy groups -OCH3 is 2. The SMILES string of the molecule is COc1ccc(/C=N\NC(=O)CN(Cc2ccccc2)S(=O)(=O)c2ccc(Cl)cc2)cc1OC. The molecule has 1 N–H and O–H groups in total. The van der Waals surface area contributed by atoms with Gasteiger partial charge >= 0.3 is 0 Å². The Bertz CT molecular complexity index is 1250. The fraction of sp³-hybridized carbons (Fsp3) is 0.167. The molecule has 0 heterocycles. The molecular formula is C24H24ClN3O5S. The molecule has 8 nitrogen and oxygen atoms in total. The van der Waals surface area contributed by atoms with Crippen LogP contribution in [0.2, 0.25) is 5.02 Å². The van der Waals surface area contributed by atoms with E-state index in [4.69, 9.17) is 21.1 Å². The summed E-state index contributed by atoms with van der Waals surface area (Å²) in [7, 11) is -0.924. The first-order valence-electron chi connectivity index (χ1n) is 10.2. The van der Waals surface area contributed by atoms with E-state index in [-0.39, 0.29) is 11.4 Å². The van der Waals surface area contributed by atoms with Crippen molar-refractivity contribution < 1.29 is 22.7 Å². The predicted octanol–water partition coefficient (Wildman–Crippen LogP) is 3.70. The Morgan fingerprint density at radius 1 is 1.00 bits per heavy atom. The number of nitrogens with one attached hydrogen (secondary N) is 1. The Hall–Kier alpha value is -3.40. The topological polar surface area (TPSA) is 97.3 Å². The van der Waals surface area contributed by atoms with Crippen LogP contribution >= 0.6 is 11.6 Å². The van der Waals surface area contributed by atoms with Gasteiger partial charge in [-0.2, -0.15) is 9.41 Å². The van der Waals surface area contributed by atoms with Gasteiger partial charge in [-0.15, -0.1) is 0 Å². The van der Waals surface area contributed by atoms with E-state index in [0.717, 1.165) is 9.87 Å². The number of sulfonamides is 1. The summed E-state index contributed by atoms with van der Waals surface area (Å²) in [4.78, 5) is 12.6. The van der Waals surface area contributed by atoms with Crippen molar-refractivity contribution in [1.82, 2.24) is 9.73 Å². The van der Waals surface area contributed by atoms with Gasteiger partial charge in [0.15, 0.2) is 11.5 Å². The van der Waals surface area contributed by atoms with Crippen LogP contribution in [0.25, 0.3) is 0 Å². The highest BCUT2D eigenvalue weighted by molar-refractivity contribution is 7.89. The highest BCUT2D eigenvalue weighted by Crippen LogP contribution is 2.27. The maximum absolute atomic E-state index is 13.2. The molecule has 0 aliphatic rings. The average molecular weight is 502 g/mol. The fourth-order valence-corrected chi connectivity index (χ4v) is 4.59. The lowest BCUT2D eigenvalue weighted by Crippen LogP contribution is -2.39. The summed E-state index contributed by atoms with van der Waals surface area (Å²) in [6.45, 7) is -0.415. The number of benzene rings is 3. The van der Waals surface area contributed by atoms with E-state index >= 15 is 0 Å². The minimum Gasteiger partial charge on any atom is -0.493 e.